The molecule has 7 heteroatoms. The van der Waals surface area contributed by atoms with Gasteiger partial charge in [0, 0.05) is 19.0 Å². The molecule has 0 radical (unpaired) electrons. The van der Waals surface area contributed by atoms with Gasteiger partial charge in [0.15, 0.2) is 0 Å². The molecular weight excluding hydrogens is 352 g/mol. The van der Waals surface area contributed by atoms with Crippen LogP contribution in [0, 0.1) is 12.3 Å². The molecule has 1 atom stereocenters. The van der Waals surface area contributed by atoms with E-state index in [1.807, 2.05) is 6.92 Å². The first-order valence-corrected chi connectivity index (χ1v) is 10.7. The minimum absolute atomic E-state index is 0.0187. The molecule has 140 valence electrons. The third-order valence-electron chi connectivity index (χ3n) is 6.14. The van der Waals surface area contributed by atoms with Gasteiger partial charge in [-0.05, 0) is 43.7 Å². The fourth-order valence-corrected chi connectivity index (χ4v) is 6.14. The van der Waals surface area contributed by atoms with E-state index in [0.29, 0.717) is 10.8 Å². The lowest BCUT2D eigenvalue weighted by molar-refractivity contribution is -0.127. The fourth-order valence-electron chi connectivity index (χ4n) is 4.80. The summed E-state index contributed by atoms with van der Waals surface area (Å²) in [5.41, 5.74) is 0.988. The van der Waals surface area contributed by atoms with Crippen molar-refractivity contribution in [2.75, 3.05) is 6.54 Å². The van der Waals surface area contributed by atoms with Gasteiger partial charge < -0.3 is 4.90 Å². The zero-order valence-electron chi connectivity index (χ0n) is 15.0. The second kappa shape index (κ2) is 6.08. The summed E-state index contributed by atoms with van der Waals surface area (Å²) < 4.78 is 26.4. The molecule has 3 aliphatic rings. The molecule has 2 aliphatic heterocycles. The molecule has 3 fully saturated rings. The maximum atomic E-state index is 13.0. The Hall–Kier alpha value is -1.89. The molecule has 1 unspecified atom stereocenters. The van der Waals surface area contributed by atoms with Crippen LogP contribution < -0.4 is 0 Å². The lowest BCUT2D eigenvalue weighted by atomic mass is 9.72. The number of carbonyl (C=O) groups is 2. The average Bonchev–Trinajstić information content (AvgIpc) is 2.93. The predicted octanol–water partition coefficient (Wildman–Crippen LogP) is 3.06. The molecule has 1 saturated carbocycles. The van der Waals surface area contributed by atoms with Crippen LogP contribution in [0.2, 0.25) is 0 Å². The van der Waals surface area contributed by atoms with Crippen LogP contribution >= 0.6 is 0 Å². The molecule has 0 aromatic heterocycles. The van der Waals surface area contributed by atoms with Crippen molar-refractivity contribution in [3.8, 4) is 0 Å². The maximum Gasteiger partial charge on any atom is 0.341 e. The molecule has 2 saturated heterocycles. The lowest BCUT2D eigenvalue weighted by Crippen LogP contribution is -2.56. The monoisotopic (exact) mass is 376 g/mol. The second-order valence-corrected chi connectivity index (χ2v) is 9.80. The van der Waals surface area contributed by atoms with Gasteiger partial charge >= 0.3 is 6.03 Å². The first-order chi connectivity index (χ1) is 12.3. The van der Waals surface area contributed by atoms with Crippen LogP contribution in [-0.4, -0.2) is 42.1 Å². The third kappa shape index (κ3) is 2.73. The quantitative estimate of drug-likeness (QED) is 0.795. The zero-order valence-corrected chi connectivity index (χ0v) is 15.8. The third-order valence-corrected chi connectivity index (χ3v) is 7.85. The number of hydrogen-bond donors (Lipinski definition) is 0. The van der Waals surface area contributed by atoms with E-state index in [1.165, 1.54) is 18.6 Å². The molecule has 2 heterocycles. The van der Waals surface area contributed by atoms with Crippen LogP contribution in [0.15, 0.2) is 29.2 Å². The van der Waals surface area contributed by atoms with Gasteiger partial charge in [-0.25, -0.2) is 13.2 Å². The normalized spacial score (nSPS) is 25.7. The van der Waals surface area contributed by atoms with Gasteiger partial charge in [0.1, 0.15) is 0 Å². The number of aryl methyl sites for hydroxylation is 1. The van der Waals surface area contributed by atoms with Gasteiger partial charge in [-0.3, -0.25) is 4.79 Å². The minimum Gasteiger partial charge on any atom is -0.319 e. The number of amides is 3. The molecule has 1 aromatic rings. The Balaban J connectivity index is 1.64. The average molecular weight is 376 g/mol. The summed E-state index contributed by atoms with van der Waals surface area (Å²) in [5, 5.41) is 0. The number of nitrogens with zero attached hydrogens (tertiary/aromatic N) is 2. The highest BCUT2D eigenvalue weighted by atomic mass is 32.2. The molecule has 4 rings (SSSR count). The van der Waals surface area contributed by atoms with Crippen molar-refractivity contribution in [2.24, 2.45) is 5.41 Å². The van der Waals surface area contributed by atoms with Gasteiger partial charge in [0.2, 0.25) is 5.91 Å². The largest absolute Gasteiger partial charge is 0.341 e. The number of sulfonamides is 1. The molecule has 1 aromatic carbocycles. The molecular formula is C19H24N2O4S. The van der Waals surface area contributed by atoms with Crippen LogP contribution in [0.1, 0.15) is 50.5 Å². The van der Waals surface area contributed by atoms with Crippen LogP contribution in [-0.2, 0) is 14.8 Å². The van der Waals surface area contributed by atoms with E-state index in [0.717, 1.165) is 37.7 Å². The number of imide groups is 1. The van der Waals surface area contributed by atoms with E-state index in [1.54, 1.807) is 17.0 Å². The van der Waals surface area contributed by atoms with Gasteiger partial charge in [-0.15, -0.1) is 0 Å². The predicted molar refractivity (Wildman–Crippen MR) is 95.9 cm³/mol. The summed E-state index contributed by atoms with van der Waals surface area (Å²) in [5.74, 6) is -0.607. The number of hydrogen-bond acceptors (Lipinski definition) is 4. The number of carbonyl (C=O) groups excluding carboxylic acids is 2. The van der Waals surface area contributed by atoms with Gasteiger partial charge in [0.05, 0.1) is 4.90 Å². The highest BCUT2D eigenvalue weighted by Crippen LogP contribution is 2.48. The fraction of sp³-hybridized carbons (Fsp3) is 0.579. The van der Waals surface area contributed by atoms with Crippen molar-refractivity contribution in [1.29, 1.82) is 0 Å². The molecule has 1 spiro atoms. The standard InChI is InChI=1S/C19H24N2O4S/c1-14-5-7-16(8-6-14)26(24,25)21-17(22)11-15-12-19(9-3-2-4-10-19)13-20(15)18(21)23/h5-8,15H,2-4,9-13H2,1H3. The van der Waals surface area contributed by atoms with E-state index in [2.05, 4.69) is 0 Å². The Morgan fingerprint density at radius 1 is 1.04 bits per heavy atom. The molecule has 1 aliphatic carbocycles. The van der Waals surface area contributed by atoms with Crippen LogP contribution in [0.25, 0.3) is 0 Å². The van der Waals surface area contributed by atoms with E-state index in [9.17, 15) is 18.0 Å². The Morgan fingerprint density at radius 2 is 1.69 bits per heavy atom. The van der Waals surface area contributed by atoms with Crippen LogP contribution in [0.4, 0.5) is 4.79 Å². The molecule has 3 amide bonds. The topological polar surface area (TPSA) is 74.8 Å². The van der Waals surface area contributed by atoms with Crippen molar-refractivity contribution in [3.63, 3.8) is 0 Å². The Bertz CT molecular complexity index is 841. The first kappa shape index (κ1) is 17.5. The zero-order chi connectivity index (χ0) is 18.5. The second-order valence-electron chi connectivity index (χ2n) is 8.01. The summed E-state index contributed by atoms with van der Waals surface area (Å²) in [6.07, 6.45) is 6.55. The summed E-state index contributed by atoms with van der Waals surface area (Å²) in [7, 11) is -4.17. The molecule has 6 nitrogen and oxygen atoms in total. The number of fused-ring (bicyclic) bond motifs is 1. The number of rotatable bonds is 2. The van der Waals surface area contributed by atoms with Crippen molar-refractivity contribution in [3.05, 3.63) is 29.8 Å². The van der Waals surface area contributed by atoms with Crippen molar-refractivity contribution >= 4 is 22.0 Å². The summed E-state index contributed by atoms with van der Waals surface area (Å²) in [6.45, 7) is 2.43. The highest BCUT2D eigenvalue weighted by Gasteiger charge is 2.53. The van der Waals surface area contributed by atoms with Crippen molar-refractivity contribution in [1.82, 2.24) is 9.21 Å². The summed E-state index contributed by atoms with van der Waals surface area (Å²) in [6, 6.07) is 5.41. The first-order valence-electron chi connectivity index (χ1n) is 9.28. The molecule has 26 heavy (non-hydrogen) atoms. The SMILES string of the molecule is Cc1ccc(S(=O)(=O)N2C(=O)CC3CC4(CCCCC4)CN3C2=O)cc1. The smallest absolute Gasteiger partial charge is 0.319 e. The Labute approximate surface area is 154 Å². The van der Waals surface area contributed by atoms with Crippen molar-refractivity contribution < 1.29 is 18.0 Å². The Kier molecular flexibility index (Phi) is 4.10. The summed E-state index contributed by atoms with van der Waals surface area (Å²) in [4.78, 5) is 27.2. The van der Waals surface area contributed by atoms with E-state index < -0.39 is 22.0 Å². The van der Waals surface area contributed by atoms with E-state index in [4.69, 9.17) is 0 Å². The van der Waals surface area contributed by atoms with Crippen molar-refractivity contribution in [2.45, 2.75) is 62.8 Å². The number of benzene rings is 1. The van der Waals surface area contributed by atoms with E-state index in [-0.39, 0.29) is 22.8 Å². The maximum absolute atomic E-state index is 13.0. The molecule has 0 bridgehead atoms. The lowest BCUT2D eigenvalue weighted by Gasteiger charge is -2.35. The van der Waals surface area contributed by atoms with Crippen LogP contribution in [0.3, 0.4) is 0 Å². The highest BCUT2D eigenvalue weighted by molar-refractivity contribution is 7.90. The van der Waals surface area contributed by atoms with Gasteiger partial charge in [0.25, 0.3) is 10.0 Å². The Morgan fingerprint density at radius 3 is 2.35 bits per heavy atom. The molecule has 0 N–H and O–H groups in total. The summed E-state index contributed by atoms with van der Waals surface area (Å²) >= 11 is 0. The van der Waals surface area contributed by atoms with Gasteiger partial charge in [-0.2, -0.15) is 4.31 Å². The minimum atomic E-state index is -4.17. The van der Waals surface area contributed by atoms with Gasteiger partial charge in [-0.1, -0.05) is 37.0 Å². The van der Waals surface area contributed by atoms with Crippen LogP contribution in [0.5, 0.6) is 0 Å². The number of urea groups is 1. The van der Waals surface area contributed by atoms with E-state index >= 15 is 0 Å².